The van der Waals surface area contributed by atoms with Crippen LogP contribution in [0.2, 0.25) is 0 Å². The summed E-state index contributed by atoms with van der Waals surface area (Å²) in [4.78, 5) is 27.5. The maximum absolute atomic E-state index is 14.4. The molecule has 8 heteroatoms. The third-order valence-electron chi connectivity index (χ3n) is 6.08. The molecule has 0 aliphatic carbocycles. The Balaban J connectivity index is 1.31. The molecule has 0 bridgehead atoms. The molecule has 2 aliphatic rings. The molecule has 0 spiro atoms. The summed E-state index contributed by atoms with van der Waals surface area (Å²) in [5.41, 5.74) is 5.56. The Morgan fingerprint density at radius 1 is 1.00 bits per heavy atom. The van der Waals surface area contributed by atoms with Gasteiger partial charge in [0.1, 0.15) is 22.9 Å². The third-order valence-corrected chi connectivity index (χ3v) is 6.08. The molecule has 2 atom stereocenters. The number of likely N-dealkylation sites (tertiary alicyclic amines) is 2. The summed E-state index contributed by atoms with van der Waals surface area (Å²) in [5.74, 6) is -2.57. The molecular weight excluding hydrogens is 404 g/mol. The molecule has 31 heavy (non-hydrogen) atoms. The van der Waals surface area contributed by atoms with Gasteiger partial charge in [0.25, 0.3) is 5.91 Å². The smallest absolute Gasteiger partial charge is 0.409 e. The number of nitrogens with two attached hydrogens (primary N) is 1. The summed E-state index contributed by atoms with van der Waals surface area (Å²) in [7, 11) is 0. The topological polar surface area (TPSA) is 75.9 Å². The van der Waals surface area contributed by atoms with Gasteiger partial charge in [0.2, 0.25) is 0 Å². The standard InChI is InChI=1S/C23H25F2N3O3/c24-19-9-18(31-23(26)30)10-20(25)21(19)22(29)28-13-16-11-27(12-17(16)14-28)8-4-7-15-5-2-1-3-6-15/h1-3,5-6,9-10,16-17H,4,7-8,11-14H2,(H2,26,30)/t16-,17?/m0/s1. The van der Waals surface area contributed by atoms with Crippen molar-refractivity contribution in [3.8, 4) is 5.75 Å². The number of amides is 2. The molecule has 2 amide bonds. The van der Waals surface area contributed by atoms with Gasteiger partial charge in [-0.05, 0) is 36.8 Å². The molecule has 2 N–H and O–H groups in total. The quantitative estimate of drug-likeness (QED) is 0.766. The van der Waals surface area contributed by atoms with Crippen LogP contribution in [-0.2, 0) is 6.42 Å². The second kappa shape index (κ2) is 9.01. The summed E-state index contributed by atoms with van der Waals surface area (Å²) in [6.45, 7) is 3.74. The average Bonchev–Trinajstić information content (AvgIpc) is 3.26. The molecule has 6 nitrogen and oxygen atoms in total. The van der Waals surface area contributed by atoms with Gasteiger partial charge in [0.05, 0.1) is 0 Å². The Morgan fingerprint density at radius 3 is 2.19 bits per heavy atom. The number of fused-ring (bicyclic) bond motifs is 1. The summed E-state index contributed by atoms with van der Waals surface area (Å²) in [6, 6.07) is 12.0. The predicted octanol–water partition coefficient (Wildman–Crippen LogP) is 3.06. The number of hydrogen-bond acceptors (Lipinski definition) is 4. The lowest BCUT2D eigenvalue weighted by Crippen LogP contribution is -2.34. The van der Waals surface area contributed by atoms with E-state index < -0.39 is 29.2 Å². The fourth-order valence-corrected chi connectivity index (χ4v) is 4.68. The van der Waals surface area contributed by atoms with Gasteiger partial charge in [-0.1, -0.05) is 30.3 Å². The summed E-state index contributed by atoms with van der Waals surface area (Å²) in [5, 5.41) is 0. The second-order valence-electron chi connectivity index (χ2n) is 8.26. The molecule has 2 fully saturated rings. The van der Waals surface area contributed by atoms with Crippen LogP contribution in [0.4, 0.5) is 13.6 Å². The molecule has 0 saturated carbocycles. The van der Waals surface area contributed by atoms with Gasteiger partial charge in [0.15, 0.2) is 0 Å². The molecule has 2 saturated heterocycles. The number of benzene rings is 2. The van der Waals surface area contributed by atoms with Crippen LogP contribution in [-0.4, -0.2) is 54.5 Å². The van der Waals surface area contributed by atoms with E-state index in [9.17, 15) is 18.4 Å². The lowest BCUT2D eigenvalue weighted by Gasteiger charge is -2.22. The highest BCUT2D eigenvalue weighted by Crippen LogP contribution is 2.33. The van der Waals surface area contributed by atoms with Crippen molar-refractivity contribution >= 4 is 12.0 Å². The zero-order valence-electron chi connectivity index (χ0n) is 17.1. The van der Waals surface area contributed by atoms with Crippen LogP contribution in [0.5, 0.6) is 5.75 Å². The molecule has 4 rings (SSSR count). The predicted molar refractivity (Wildman–Crippen MR) is 111 cm³/mol. The zero-order chi connectivity index (χ0) is 22.0. The lowest BCUT2D eigenvalue weighted by molar-refractivity contribution is 0.0764. The highest BCUT2D eigenvalue weighted by Gasteiger charge is 2.42. The molecule has 0 aromatic heterocycles. The molecule has 2 aromatic carbocycles. The zero-order valence-corrected chi connectivity index (χ0v) is 17.1. The van der Waals surface area contributed by atoms with E-state index in [0.29, 0.717) is 24.9 Å². The normalized spacial score (nSPS) is 20.6. The Kier molecular flexibility index (Phi) is 6.18. The molecule has 1 unspecified atom stereocenters. The largest absolute Gasteiger partial charge is 0.410 e. The van der Waals surface area contributed by atoms with E-state index in [1.54, 1.807) is 0 Å². The van der Waals surface area contributed by atoms with E-state index in [1.807, 2.05) is 18.2 Å². The number of carbonyl (C=O) groups excluding carboxylic acids is 2. The fraction of sp³-hybridized carbons (Fsp3) is 0.391. The van der Waals surface area contributed by atoms with Crippen molar-refractivity contribution in [2.45, 2.75) is 12.8 Å². The monoisotopic (exact) mass is 429 g/mol. The number of ether oxygens (including phenoxy) is 1. The van der Waals surface area contributed by atoms with Gasteiger partial charge >= 0.3 is 6.09 Å². The van der Waals surface area contributed by atoms with Gasteiger partial charge in [-0.2, -0.15) is 0 Å². The second-order valence-corrected chi connectivity index (χ2v) is 8.26. The first kappa shape index (κ1) is 21.2. The molecule has 2 aliphatic heterocycles. The molecular formula is C23H25F2N3O3. The van der Waals surface area contributed by atoms with E-state index in [1.165, 1.54) is 10.5 Å². The number of halogens is 2. The van der Waals surface area contributed by atoms with E-state index >= 15 is 0 Å². The van der Waals surface area contributed by atoms with E-state index in [4.69, 9.17) is 5.73 Å². The first-order valence-electron chi connectivity index (χ1n) is 10.4. The van der Waals surface area contributed by atoms with Gasteiger partial charge < -0.3 is 20.3 Å². The first-order valence-corrected chi connectivity index (χ1v) is 10.4. The molecule has 2 heterocycles. The molecule has 2 aromatic rings. The fourth-order valence-electron chi connectivity index (χ4n) is 4.68. The van der Waals surface area contributed by atoms with Gasteiger partial charge in [-0.3, -0.25) is 4.79 Å². The minimum absolute atomic E-state index is 0.310. The third kappa shape index (κ3) is 4.85. The van der Waals surface area contributed by atoms with Crippen LogP contribution in [0.25, 0.3) is 0 Å². The Hall–Kier alpha value is -3.00. The first-order chi connectivity index (χ1) is 14.9. The van der Waals surface area contributed by atoms with Gasteiger partial charge in [-0.25, -0.2) is 13.6 Å². The Labute approximate surface area is 179 Å². The van der Waals surface area contributed by atoms with Crippen LogP contribution >= 0.6 is 0 Å². The maximum Gasteiger partial charge on any atom is 0.409 e. The number of primary amides is 1. The summed E-state index contributed by atoms with van der Waals surface area (Å²) >= 11 is 0. The van der Waals surface area contributed by atoms with Crippen molar-refractivity contribution < 1.29 is 23.1 Å². The van der Waals surface area contributed by atoms with Crippen LogP contribution in [0, 0.1) is 23.5 Å². The minimum Gasteiger partial charge on any atom is -0.410 e. The number of aryl methyl sites for hydroxylation is 1. The van der Waals surface area contributed by atoms with Crippen molar-refractivity contribution in [3.63, 3.8) is 0 Å². The van der Waals surface area contributed by atoms with Gasteiger partial charge in [-0.15, -0.1) is 0 Å². The van der Waals surface area contributed by atoms with E-state index in [-0.39, 0.29) is 5.75 Å². The van der Waals surface area contributed by atoms with Crippen molar-refractivity contribution in [1.29, 1.82) is 0 Å². The number of hydrogen-bond donors (Lipinski definition) is 1. The summed E-state index contributed by atoms with van der Waals surface area (Å²) in [6.07, 6.45) is 0.923. The minimum atomic E-state index is -1.18. The number of rotatable bonds is 6. The van der Waals surface area contributed by atoms with Gasteiger partial charge in [0, 0.05) is 38.3 Å². The SMILES string of the molecule is NC(=O)Oc1cc(F)c(C(=O)N2CC3CN(CCCc4ccccc4)C[C@H]3C2)c(F)c1. The van der Waals surface area contributed by atoms with Crippen LogP contribution in [0.3, 0.4) is 0 Å². The lowest BCUT2D eigenvalue weighted by atomic mass is 10.0. The highest BCUT2D eigenvalue weighted by molar-refractivity contribution is 5.95. The van der Waals surface area contributed by atoms with Crippen molar-refractivity contribution in [2.75, 3.05) is 32.7 Å². The van der Waals surface area contributed by atoms with E-state index in [0.717, 1.165) is 44.6 Å². The average molecular weight is 429 g/mol. The highest BCUT2D eigenvalue weighted by atomic mass is 19.1. The van der Waals surface area contributed by atoms with Crippen LogP contribution in [0.15, 0.2) is 42.5 Å². The van der Waals surface area contributed by atoms with Crippen LogP contribution < -0.4 is 10.5 Å². The van der Waals surface area contributed by atoms with Crippen molar-refractivity contribution in [2.24, 2.45) is 17.6 Å². The molecule has 164 valence electrons. The summed E-state index contributed by atoms with van der Waals surface area (Å²) < 4.78 is 33.2. The van der Waals surface area contributed by atoms with Crippen molar-refractivity contribution in [1.82, 2.24) is 9.80 Å². The Bertz CT molecular complexity index is 933. The number of nitrogens with zero attached hydrogens (tertiary/aromatic N) is 2. The Morgan fingerprint density at radius 2 is 1.61 bits per heavy atom. The molecule has 0 radical (unpaired) electrons. The van der Waals surface area contributed by atoms with Crippen molar-refractivity contribution in [3.05, 3.63) is 65.2 Å². The maximum atomic E-state index is 14.4. The number of carbonyl (C=O) groups is 2. The van der Waals surface area contributed by atoms with E-state index in [2.05, 4.69) is 21.8 Å². The van der Waals surface area contributed by atoms with Crippen LogP contribution in [0.1, 0.15) is 22.3 Å².